The molecule has 112 valence electrons. The molecule has 1 aromatic carbocycles. The van der Waals surface area contributed by atoms with Crippen LogP contribution < -0.4 is 5.73 Å². The largest absolute Gasteiger partial charge is 0.469 e. The number of rotatable bonds is 6. The van der Waals surface area contributed by atoms with Crippen molar-refractivity contribution in [2.24, 2.45) is 5.73 Å². The molecule has 0 bridgehead atoms. The van der Waals surface area contributed by atoms with Crippen LogP contribution >= 0.6 is 0 Å². The van der Waals surface area contributed by atoms with E-state index in [-0.39, 0.29) is 12.2 Å². The Hall–Kier alpha value is -1.40. The molecule has 20 heavy (non-hydrogen) atoms. The molecule has 1 rings (SSSR count). The standard InChI is InChI=1S/C14H21NO4S/c1-10-4-6-12(7-5-10)14(15)11(2)20(17,18)9-8-13(16)19-3/h4-7,11,14H,8-9,15H2,1-3H3. The summed E-state index contributed by atoms with van der Waals surface area (Å²) in [6.07, 6.45) is -0.149. The van der Waals surface area contributed by atoms with E-state index in [0.29, 0.717) is 0 Å². The minimum atomic E-state index is -3.45. The number of esters is 1. The minimum absolute atomic E-state index is 0.149. The van der Waals surface area contributed by atoms with Gasteiger partial charge in [0.25, 0.3) is 0 Å². The molecule has 0 spiro atoms. The van der Waals surface area contributed by atoms with Crippen molar-refractivity contribution in [1.82, 2.24) is 0 Å². The first kappa shape index (κ1) is 16.7. The van der Waals surface area contributed by atoms with Gasteiger partial charge in [0, 0.05) is 6.04 Å². The maximum Gasteiger partial charge on any atom is 0.306 e. The molecule has 0 aromatic heterocycles. The van der Waals surface area contributed by atoms with Gasteiger partial charge >= 0.3 is 5.97 Å². The van der Waals surface area contributed by atoms with Crippen LogP contribution in [0.1, 0.15) is 30.5 Å². The molecule has 0 heterocycles. The minimum Gasteiger partial charge on any atom is -0.469 e. The normalized spacial score (nSPS) is 14.6. The van der Waals surface area contributed by atoms with Gasteiger partial charge in [-0.05, 0) is 19.4 Å². The second-order valence-corrected chi connectivity index (χ2v) is 7.31. The summed E-state index contributed by atoms with van der Waals surface area (Å²) in [6, 6.07) is 6.82. The van der Waals surface area contributed by atoms with Crippen molar-refractivity contribution >= 4 is 15.8 Å². The van der Waals surface area contributed by atoms with E-state index in [1.807, 2.05) is 31.2 Å². The third-order valence-corrected chi connectivity index (χ3v) is 5.55. The second kappa shape index (κ2) is 6.85. The van der Waals surface area contributed by atoms with Crippen LogP contribution in [0.25, 0.3) is 0 Å². The number of nitrogens with two attached hydrogens (primary N) is 1. The zero-order valence-electron chi connectivity index (χ0n) is 12.0. The molecular weight excluding hydrogens is 278 g/mol. The SMILES string of the molecule is COC(=O)CCS(=O)(=O)C(C)C(N)c1ccc(C)cc1. The lowest BCUT2D eigenvalue weighted by molar-refractivity contribution is -0.140. The number of carbonyl (C=O) groups is 1. The van der Waals surface area contributed by atoms with Gasteiger partial charge < -0.3 is 10.5 Å². The second-order valence-electron chi connectivity index (χ2n) is 4.83. The predicted molar refractivity (Wildman–Crippen MR) is 78.0 cm³/mol. The van der Waals surface area contributed by atoms with Crippen molar-refractivity contribution in [3.8, 4) is 0 Å². The molecule has 2 N–H and O–H groups in total. The highest BCUT2D eigenvalue weighted by Crippen LogP contribution is 2.21. The number of carbonyl (C=O) groups excluding carboxylic acids is 1. The average molecular weight is 299 g/mol. The lowest BCUT2D eigenvalue weighted by Gasteiger charge is -2.20. The van der Waals surface area contributed by atoms with Gasteiger partial charge in [-0.25, -0.2) is 8.42 Å². The Labute approximate surface area is 120 Å². The number of methoxy groups -OCH3 is 1. The zero-order valence-corrected chi connectivity index (χ0v) is 12.8. The lowest BCUT2D eigenvalue weighted by Crippen LogP contribution is -2.33. The van der Waals surface area contributed by atoms with E-state index in [0.717, 1.165) is 11.1 Å². The highest BCUT2D eigenvalue weighted by molar-refractivity contribution is 7.92. The van der Waals surface area contributed by atoms with Gasteiger partial charge in [0.2, 0.25) is 0 Å². The average Bonchev–Trinajstić information content (AvgIpc) is 2.44. The first-order valence-corrected chi connectivity index (χ1v) is 8.10. The number of hydrogen-bond donors (Lipinski definition) is 1. The molecule has 0 aliphatic carbocycles. The lowest BCUT2D eigenvalue weighted by atomic mass is 10.0. The molecule has 0 radical (unpaired) electrons. The molecule has 0 amide bonds. The van der Waals surface area contributed by atoms with Crippen LogP contribution in [-0.4, -0.2) is 32.5 Å². The van der Waals surface area contributed by atoms with Crippen LogP contribution in [0.5, 0.6) is 0 Å². The molecule has 5 nitrogen and oxygen atoms in total. The van der Waals surface area contributed by atoms with Gasteiger partial charge in [-0.1, -0.05) is 29.8 Å². The van der Waals surface area contributed by atoms with Crippen LogP contribution in [0.3, 0.4) is 0 Å². The molecule has 0 saturated heterocycles. The van der Waals surface area contributed by atoms with E-state index in [1.54, 1.807) is 6.92 Å². The predicted octanol–water partition coefficient (Wildman–Crippen LogP) is 1.36. The van der Waals surface area contributed by atoms with E-state index in [1.165, 1.54) is 7.11 Å². The summed E-state index contributed by atoms with van der Waals surface area (Å²) >= 11 is 0. The van der Waals surface area contributed by atoms with Crippen molar-refractivity contribution in [3.63, 3.8) is 0 Å². The maximum absolute atomic E-state index is 12.1. The Bertz CT molecular complexity index is 551. The van der Waals surface area contributed by atoms with Crippen molar-refractivity contribution in [2.45, 2.75) is 31.6 Å². The Balaban J connectivity index is 2.79. The van der Waals surface area contributed by atoms with Crippen molar-refractivity contribution in [2.75, 3.05) is 12.9 Å². The Morgan fingerprint density at radius 3 is 2.35 bits per heavy atom. The van der Waals surface area contributed by atoms with Crippen molar-refractivity contribution in [1.29, 1.82) is 0 Å². The molecule has 0 aliphatic heterocycles. The van der Waals surface area contributed by atoms with E-state index in [4.69, 9.17) is 5.73 Å². The van der Waals surface area contributed by atoms with Gasteiger partial charge in [0.05, 0.1) is 24.5 Å². The number of ether oxygens (including phenoxy) is 1. The quantitative estimate of drug-likeness (QED) is 0.802. The van der Waals surface area contributed by atoms with E-state index in [2.05, 4.69) is 4.74 Å². The fraction of sp³-hybridized carbons (Fsp3) is 0.500. The number of sulfone groups is 1. The molecule has 0 fully saturated rings. The molecule has 6 heteroatoms. The Kier molecular flexibility index (Phi) is 5.71. The molecule has 2 unspecified atom stereocenters. The van der Waals surface area contributed by atoms with Gasteiger partial charge in [-0.3, -0.25) is 4.79 Å². The highest BCUT2D eigenvalue weighted by atomic mass is 32.2. The zero-order chi connectivity index (χ0) is 15.3. The summed E-state index contributed by atoms with van der Waals surface area (Å²) in [7, 11) is -2.22. The monoisotopic (exact) mass is 299 g/mol. The number of aryl methyl sites for hydroxylation is 1. The van der Waals surface area contributed by atoms with Crippen LogP contribution in [0, 0.1) is 6.92 Å². The maximum atomic E-state index is 12.1. The summed E-state index contributed by atoms with van der Waals surface area (Å²) in [5.41, 5.74) is 7.87. The van der Waals surface area contributed by atoms with E-state index in [9.17, 15) is 13.2 Å². The fourth-order valence-electron chi connectivity index (χ4n) is 1.80. The van der Waals surface area contributed by atoms with Gasteiger partial charge in [0.15, 0.2) is 9.84 Å². The molecule has 1 aromatic rings. The number of hydrogen-bond acceptors (Lipinski definition) is 5. The number of benzene rings is 1. The summed E-state index contributed by atoms with van der Waals surface area (Å²) in [6.45, 7) is 3.52. The van der Waals surface area contributed by atoms with Crippen molar-refractivity contribution in [3.05, 3.63) is 35.4 Å². The van der Waals surface area contributed by atoms with E-state index >= 15 is 0 Å². The van der Waals surface area contributed by atoms with E-state index < -0.39 is 27.1 Å². The topological polar surface area (TPSA) is 86.5 Å². The summed E-state index contributed by atoms with van der Waals surface area (Å²) in [4.78, 5) is 11.0. The smallest absolute Gasteiger partial charge is 0.306 e. The summed E-state index contributed by atoms with van der Waals surface area (Å²) in [5.74, 6) is -0.787. The van der Waals surface area contributed by atoms with Crippen LogP contribution in [0.4, 0.5) is 0 Å². The van der Waals surface area contributed by atoms with Crippen LogP contribution in [0.2, 0.25) is 0 Å². The van der Waals surface area contributed by atoms with Gasteiger partial charge in [0.1, 0.15) is 0 Å². The first-order valence-electron chi connectivity index (χ1n) is 6.38. The summed E-state index contributed by atoms with van der Waals surface area (Å²) in [5, 5.41) is -0.755. The fourth-order valence-corrected chi connectivity index (χ4v) is 3.22. The first-order chi connectivity index (χ1) is 9.27. The van der Waals surface area contributed by atoms with Crippen molar-refractivity contribution < 1.29 is 17.9 Å². The third-order valence-electron chi connectivity index (χ3n) is 3.35. The molecule has 0 aliphatic rings. The molecule has 0 saturated carbocycles. The summed E-state index contributed by atoms with van der Waals surface area (Å²) < 4.78 is 28.7. The third kappa shape index (κ3) is 4.31. The van der Waals surface area contributed by atoms with Crippen LogP contribution in [-0.2, 0) is 19.4 Å². The highest BCUT2D eigenvalue weighted by Gasteiger charge is 2.28. The van der Waals surface area contributed by atoms with Crippen LogP contribution in [0.15, 0.2) is 24.3 Å². The van der Waals surface area contributed by atoms with Gasteiger partial charge in [-0.15, -0.1) is 0 Å². The molecule has 2 atom stereocenters. The Morgan fingerprint density at radius 1 is 1.30 bits per heavy atom. The Morgan fingerprint density at radius 2 is 1.85 bits per heavy atom. The molecular formula is C14H21NO4S. The van der Waals surface area contributed by atoms with Gasteiger partial charge in [-0.2, -0.15) is 0 Å².